The molecule has 0 spiro atoms. The molecule has 0 saturated heterocycles. The largest absolute Gasteiger partial charge is 0.393 e. The first-order valence-corrected chi connectivity index (χ1v) is 6.33. The molecule has 2 N–H and O–H groups in total. The molecule has 1 aromatic rings. The third-order valence-corrected chi connectivity index (χ3v) is 3.24. The summed E-state index contributed by atoms with van der Waals surface area (Å²) in [6.07, 6.45) is 3.11. The SMILES string of the molecule is NC(=S)CCN(Cc1ccccc1F)C1CC1. The fourth-order valence-corrected chi connectivity index (χ4v) is 2.02. The molecule has 4 heteroatoms. The number of rotatable bonds is 6. The Bertz CT molecular complexity index is 404. The molecule has 1 fully saturated rings. The second kappa shape index (κ2) is 5.56. The Morgan fingerprint density at radius 1 is 1.41 bits per heavy atom. The molecule has 0 bridgehead atoms. The molecular weight excluding hydrogens is 235 g/mol. The van der Waals surface area contributed by atoms with Crippen LogP contribution >= 0.6 is 12.2 Å². The van der Waals surface area contributed by atoms with Crippen molar-refractivity contribution < 1.29 is 4.39 Å². The number of thiocarbonyl (C=S) groups is 1. The normalized spacial score (nSPS) is 15.2. The number of nitrogens with zero attached hydrogens (tertiary/aromatic N) is 1. The summed E-state index contributed by atoms with van der Waals surface area (Å²) in [5.74, 6) is -0.131. The first kappa shape index (κ1) is 12.5. The minimum absolute atomic E-state index is 0.131. The zero-order chi connectivity index (χ0) is 12.3. The van der Waals surface area contributed by atoms with Crippen molar-refractivity contribution in [1.82, 2.24) is 4.90 Å². The highest BCUT2D eigenvalue weighted by molar-refractivity contribution is 7.80. The summed E-state index contributed by atoms with van der Waals surface area (Å²) in [5.41, 5.74) is 6.27. The van der Waals surface area contributed by atoms with Gasteiger partial charge in [-0.25, -0.2) is 4.39 Å². The van der Waals surface area contributed by atoms with Crippen molar-refractivity contribution in [3.05, 3.63) is 35.6 Å². The van der Waals surface area contributed by atoms with Crippen molar-refractivity contribution in [2.45, 2.75) is 31.8 Å². The van der Waals surface area contributed by atoms with Gasteiger partial charge in [-0.2, -0.15) is 0 Å². The maximum atomic E-state index is 13.6. The van der Waals surface area contributed by atoms with Gasteiger partial charge in [-0.05, 0) is 18.9 Å². The Morgan fingerprint density at radius 2 is 2.12 bits per heavy atom. The van der Waals surface area contributed by atoms with Crippen LogP contribution in [0.4, 0.5) is 4.39 Å². The van der Waals surface area contributed by atoms with Gasteiger partial charge in [0.05, 0.1) is 4.99 Å². The summed E-state index contributed by atoms with van der Waals surface area (Å²) in [4.78, 5) is 2.81. The average Bonchev–Trinajstić information content (AvgIpc) is 3.10. The van der Waals surface area contributed by atoms with Crippen LogP contribution in [-0.4, -0.2) is 22.5 Å². The number of nitrogens with two attached hydrogens (primary N) is 1. The van der Waals surface area contributed by atoms with E-state index in [0.717, 1.165) is 12.1 Å². The summed E-state index contributed by atoms with van der Waals surface area (Å²) in [5, 5.41) is 0. The zero-order valence-corrected chi connectivity index (χ0v) is 10.5. The molecule has 1 saturated carbocycles. The number of halogens is 1. The van der Waals surface area contributed by atoms with Gasteiger partial charge in [-0.3, -0.25) is 4.90 Å². The van der Waals surface area contributed by atoms with E-state index in [1.54, 1.807) is 6.07 Å². The summed E-state index contributed by atoms with van der Waals surface area (Å²) in [7, 11) is 0. The predicted molar refractivity (Wildman–Crippen MR) is 71.2 cm³/mol. The van der Waals surface area contributed by atoms with Gasteiger partial charge in [-0.15, -0.1) is 0 Å². The van der Waals surface area contributed by atoms with E-state index >= 15 is 0 Å². The van der Waals surface area contributed by atoms with Gasteiger partial charge in [-0.1, -0.05) is 30.4 Å². The lowest BCUT2D eigenvalue weighted by molar-refractivity contribution is 0.259. The zero-order valence-electron chi connectivity index (χ0n) is 9.73. The molecule has 0 aromatic heterocycles. The molecule has 0 atom stereocenters. The smallest absolute Gasteiger partial charge is 0.127 e. The van der Waals surface area contributed by atoms with Crippen molar-refractivity contribution in [2.75, 3.05) is 6.54 Å². The van der Waals surface area contributed by atoms with Gasteiger partial charge in [0.15, 0.2) is 0 Å². The highest BCUT2D eigenvalue weighted by Crippen LogP contribution is 2.28. The highest BCUT2D eigenvalue weighted by atomic mass is 32.1. The Hall–Kier alpha value is -1.00. The lowest BCUT2D eigenvalue weighted by Gasteiger charge is -2.22. The summed E-state index contributed by atoms with van der Waals surface area (Å²) in [6.45, 7) is 1.48. The molecule has 0 heterocycles. The van der Waals surface area contributed by atoms with Gasteiger partial charge in [0.2, 0.25) is 0 Å². The lowest BCUT2D eigenvalue weighted by atomic mass is 10.2. The van der Waals surface area contributed by atoms with Gasteiger partial charge in [0, 0.05) is 31.1 Å². The van der Waals surface area contributed by atoms with Gasteiger partial charge < -0.3 is 5.73 Å². The Labute approximate surface area is 107 Å². The molecule has 0 radical (unpaired) electrons. The van der Waals surface area contributed by atoms with Gasteiger partial charge >= 0.3 is 0 Å². The topological polar surface area (TPSA) is 29.3 Å². The summed E-state index contributed by atoms with van der Waals surface area (Å²) in [6, 6.07) is 7.52. The fraction of sp³-hybridized carbons (Fsp3) is 0.462. The average molecular weight is 252 g/mol. The van der Waals surface area contributed by atoms with Crippen LogP contribution in [0.5, 0.6) is 0 Å². The minimum atomic E-state index is -0.131. The molecule has 0 aliphatic heterocycles. The molecule has 0 unspecified atom stereocenters. The van der Waals surface area contributed by atoms with Gasteiger partial charge in [0.25, 0.3) is 0 Å². The predicted octanol–water partition coefficient (Wildman–Crippen LogP) is 2.47. The van der Waals surface area contributed by atoms with Crippen LogP contribution in [0.3, 0.4) is 0 Å². The third-order valence-electron chi connectivity index (χ3n) is 3.04. The van der Waals surface area contributed by atoms with E-state index in [2.05, 4.69) is 4.90 Å². The van der Waals surface area contributed by atoms with E-state index in [1.807, 2.05) is 12.1 Å². The van der Waals surface area contributed by atoms with E-state index in [4.69, 9.17) is 18.0 Å². The molecule has 92 valence electrons. The van der Waals surface area contributed by atoms with Crippen LogP contribution in [0.1, 0.15) is 24.8 Å². The highest BCUT2D eigenvalue weighted by Gasteiger charge is 2.29. The van der Waals surface area contributed by atoms with E-state index in [-0.39, 0.29) is 5.82 Å². The second-order valence-corrected chi connectivity index (χ2v) is 5.03. The Morgan fingerprint density at radius 3 is 2.71 bits per heavy atom. The van der Waals surface area contributed by atoms with Crippen molar-refractivity contribution in [3.8, 4) is 0 Å². The fourth-order valence-electron chi connectivity index (χ4n) is 1.93. The van der Waals surface area contributed by atoms with Crippen molar-refractivity contribution >= 4 is 17.2 Å². The molecule has 2 rings (SSSR count). The molecular formula is C13H17FN2S. The number of hydrogen-bond acceptors (Lipinski definition) is 2. The Kier molecular flexibility index (Phi) is 4.07. The molecule has 1 aliphatic rings. The maximum Gasteiger partial charge on any atom is 0.127 e. The Balaban J connectivity index is 1.97. The quantitative estimate of drug-likeness (QED) is 0.789. The third kappa shape index (κ3) is 3.75. The van der Waals surface area contributed by atoms with Crippen molar-refractivity contribution in [3.63, 3.8) is 0 Å². The van der Waals surface area contributed by atoms with E-state index < -0.39 is 0 Å². The molecule has 0 amide bonds. The van der Waals surface area contributed by atoms with Gasteiger partial charge in [0.1, 0.15) is 5.82 Å². The second-order valence-electron chi connectivity index (χ2n) is 4.51. The molecule has 2 nitrogen and oxygen atoms in total. The minimum Gasteiger partial charge on any atom is -0.393 e. The first-order valence-electron chi connectivity index (χ1n) is 5.92. The molecule has 1 aliphatic carbocycles. The first-order chi connectivity index (χ1) is 8.16. The monoisotopic (exact) mass is 252 g/mol. The van der Waals surface area contributed by atoms with E-state index in [1.165, 1.54) is 18.9 Å². The summed E-state index contributed by atoms with van der Waals surface area (Å²) >= 11 is 4.89. The van der Waals surface area contributed by atoms with Crippen LogP contribution in [-0.2, 0) is 6.54 Å². The number of benzene rings is 1. The van der Waals surface area contributed by atoms with Crippen LogP contribution in [0.25, 0.3) is 0 Å². The summed E-state index contributed by atoms with van der Waals surface area (Å²) < 4.78 is 13.6. The van der Waals surface area contributed by atoms with Crippen LogP contribution in [0.2, 0.25) is 0 Å². The maximum absolute atomic E-state index is 13.6. The number of hydrogen-bond donors (Lipinski definition) is 1. The van der Waals surface area contributed by atoms with Crippen LogP contribution in [0.15, 0.2) is 24.3 Å². The standard InChI is InChI=1S/C13H17FN2S/c14-12-4-2-1-3-10(12)9-16(11-5-6-11)8-7-13(15)17/h1-4,11H,5-9H2,(H2,15,17). The van der Waals surface area contributed by atoms with Crippen LogP contribution in [0, 0.1) is 5.82 Å². The van der Waals surface area contributed by atoms with Crippen LogP contribution < -0.4 is 5.73 Å². The van der Waals surface area contributed by atoms with Crippen molar-refractivity contribution in [2.24, 2.45) is 5.73 Å². The van der Waals surface area contributed by atoms with Crippen molar-refractivity contribution in [1.29, 1.82) is 0 Å². The molecule has 1 aromatic carbocycles. The van der Waals surface area contributed by atoms with E-state index in [0.29, 0.717) is 24.0 Å². The van der Waals surface area contributed by atoms with E-state index in [9.17, 15) is 4.39 Å². The lowest BCUT2D eigenvalue weighted by Crippen LogP contribution is -2.29. The molecule has 17 heavy (non-hydrogen) atoms.